The largest absolute Gasteiger partial charge is 0.476 e. The number of hydrogen-bond donors (Lipinski definition) is 1. The van der Waals surface area contributed by atoms with Crippen molar-refractivity contribution in [2.24, 2.45) is 0 Å². The molecule has 1 heterocycles. The highest BCUT2D eigenvalue weighted by Gasteiger charge is 2.15. The Morgan fingerprint density at radius 2 is 1.50 bits per heavy atom. The van der Waals surface area contributed by atoms with Crippen molar-refractivity contribution < 1.29 is 14.7 Å². The average molecular weight is 358 g/mol. The topological polar surface area (TPSA) is 51.5 Å². The van der Waals surface area contributed by atoms with Gasteiger partial charge in [-0.25, -0.2) is 4.79 Å². The van der Waals surface area contributed by atoms with E-state index in [9.17, 15) is 4.79 Å². The molecular formula is C19H32ClNO3. The lowest BCUT2D eigenvalue weighted by molar-refractivity contribution is 0.0589. The highest BCUT2D eigenvalue weighted by Crippen LogP contribution is 2.16. The number of unbranched alkanes of at least 4 members (excludes halogenated alkanes) is 11. The van der Waals surface area contributed by atoms with Crippen LogP contribution in [0, 0.1) is 0 Å². The summed E-state index contributed by atoms with van der Waals surface area (Å²) in [5.41, 5.74) is -0.00407. The number of carboxylic acid groups (broad SMARTS) is 1. The molecule has 1 rings (SSSR count). The minimum absolute atomic E-state index is 0.00407. The van der Waals surface area contributed by atoms with E-state index < -0.39 is 5.97 Å². The molecule has 0 spiro atoms. The van der Waals surface area contributed by atoms with Crippen LogP contribution in [0.5, 0.6) is 0 Å². The number of rotatable bonds is 15. The van der Waals surface area contributed by atoms with Crippen LogP contribution < -0.4 is 4.84 Å². The first kappa shape index (κ1) is 20.9. The van der Waals surface area contributed by atoms with Crippen molar-refractivity contribution in [2.45, 2.75) is 84.0 Å². The lowest BCUT2D eigenvalue weighted by atomic mass is 10.1. The lowest BCUT2D eigenvalue weighted by Gasteiger charge is -2.09. The van der Waals surface area contributed by atoms with Crippen LogP contribution in [0.4, 0.5) is 0 Å². The van der Waals surface area contributed by atoms with Crippen LogP contribution in [-0.4, -0.2) is 22.4 Å². The quantitative estimate of drug-likeness (QED) is 0.393. The lowest BCUT2D eigenvalue weighted by Crippen LogP contribution is -2.17. The maximum atomic E-state index is 11.1. The second-order valence-corrected chi connectivity index (χ2v) is 6.77. The molecule has 0 aliphatic rings. The molecule has 24 heavy (non-hydrogen) atoms. The number of nitrogens with zero attached hydrogens (tertiary/aromatic N) is 1. The van der Waals surface area contributed by atoms with E-state index in [4.69, 9.17) is 21.5 Å². The van der Waals surface area contributed by atoms with Gasteiger partial charge in [0.2, 0.25) is 0 Å². The molecule has 0 radical (unpaired) electrons. The fourth-order valence-electron chi connectivity index (χ4n) is 2.80. The Balaban J connectivity index is 1.93. The first-order chi connectivity index (χ1) is 11.7. The normalized spacial score (nSPS) is 10.9. The van der Waals surface area contributed by atoms with Crippen LogP contribution in [0.15, 0.2) is 12.3 Å². The standard InChI is InChI=1S/C19H32ClNO3/c1-2-3-4-5-6-7-8-9-10-11-12-13-16-24-21-15-14-17(20)18(21)19(22)23/h14-15H,2-13,16H2,1H3,(H,22,23). The highest BCUT2D eigenvalue weighted by atomic mass is 35.5. The fourth-order valence-corrected chi connectivity index (χ4v) is 3.02. The molecule has 0 amide bonds. The van der Waals surface area contributed by atoms with Gasteiger partial charge in [-0.3, -0.25) is 0 Å². The third-order valence-electron chi connectivity index (χ3n) is 4.23. The van der Waals surface area contributed by atoms with Gasteiger partial charge in [0.1, 0.15) is 6.61 Å². The van der Waals surface area contributed by atoms with E-state index in [-0.39, 0.29) is 10.7 Å². The van der Waals surface area contributed by atoms with E-state index in [1.807, 2.05) is 0 Å². The van der Waals surface area contributed by atoms with Gasteiger partial charge >= 0.3 is 5.97 Å². The van der Waals surface area contributed by atoms with E-state index >= 15 is 0 Å². The number of carbonyl (C=O) groups is 1. The Morgan fingerprint density at radius 3 is 2.00 bits per heavy atom. The Morgan fingerprint density at radius 1 is 1.00 bits per heavy atom. The molecule has 0 saturated carbocycles. The van der Waals surface area contributed by atoms with Crippen LogP contribution in [0.25, 0.3) is 0 Å². The molecule has 138 valence electrons. The van der Waals surface area contributed by atoms with Gasteiger partial charge in [0.25, 0.3) is 0 Å². The monoisotopic (exact) mass is 357 g/mol. The van der Waals surface area contributed by atoms with Gasteiger partial charge in [0, 0.05) is 6.20 Å². The highest BCUT2D eigenvalue weighted by molar-refractivity contribution is 6.33. The van der Waals surface area contributed by atoms with E-state index in [0.29, 0.717) is 6.61 Å². The molecule has 0 atom stereocenters. The number of aromatic carboxylic acids is 1. The summed E-state index contributed by atoms with van der Waals surface area (Å²) in [6, 6.07) is 1.53. The van der Waals surface area contributed by atoms with Gasteiger partial charge in [-0.2, -0.15) is 4.73 Å². The molecule has 0 bridgehead atoms. The summed E-state index contributed by atoms with van der Waals surface area (Å²) >= 11 is 5.82. The predicted octanol–water partition coefficient (Wildman–Crippen LogP) is 5.97. The maximum Gasteiger partial charge on any atom is 0.357 e. The molecule has 0 fully saturated rings. The molecule has 0 saturated heterocycles. The van der Waals surface area contributed by atoms with Gasteiger partial charge in [-0.05, 0) is 18.9 Å². The van der Waals surface area contributed by atoms with Crippen molar-refractivity contribution in [1.82, 2.24) is 4.73 Å². The molecular weight excluding hydrogens is 326 g/mol. The minimum atomic E-state index is -1.07. The Kier molecular flexibility index (Phi) is 11.5. The Labute approximate surface area is 151 Å². The molecule has 4 nitrogen and oxygen atoms in total. The van der Waals surface area contributed by atoms with Gasteiger partial charge in [0.05, 0.1) is 5.02 Å². The average Bonchev–Trinajstić information content (AvgIpc) is 2.92. The summed E-state index contributed by atoms with van der Waals surface area (Å²) < 4.78 is 1.25. The van der Waals surface area contributed by atoms with E-state index in [0.717, 1.165) is 12.8 Å². The summed E-state index contributed by atoms with van der Waals surface area (Å²) in [6.45, 7) is 2.77. The van der Waals surface area contributed by atoms with E-state index in [1.165, 1.54) is 75.0 Å². The molecule has 1 aromatic heterocycles. The summed E-state index contributed by atoms with van der Waals surface area (Å²) in [5, 5.41) is 9.26. The number of halogens is 1. The fraction of sp³-hybridized carbons (Fsp3) is 0.737. The number of carboxylic acids is 1. The van der Waals surface area contributed by atoms with Crippen molar-refractivity contribution in [3.8, 4) is 0 Å². The Bertz CT molecular complexity index is 459. The zero-order chi connectivity index (χ0) is 17.6. The number of hydrogen-bond acceptors (Lipinski definition) is 2. The first-order valence-corrected chi connectivity index (χ1v) is 9.78. The zero-order valence-electron chi connectivity index (χ0n) is 14.9. The molecule has 0 aromatic carbocycles. The van der Waals surface area contributed by atoms with Crippen molar-refractivity contribution in [2.75, 3.05) is 6.61 Å². The smallest absolute Gasteiger partial charge is 0.357 e. The summed E-state index contributed by atoms with van der Waals surface area (Å²) in [5.74, 6) is -1.07. The summed E-state index contributed by atoms with van der Waals surface area (Å²) in [7, 11) is 0. The molecule has 1 N–H and O–H groups in total. The van der Waals surface area contributed by atoms with Crippen LogP contribution >= 0.6 is 11.6 Å². The van der Waals surface area contributed by atoms with Crippen LogP contribution in [-0.2, 0) is 0 Å². The molecule has 1 aromatic rings. The van der Waals surface area contributed by atoms with Crippen molar-refractivity contribution in [1.29, 1.82) is 0 Å². The summed E-state index contributed by atoms with van der Waals surface area (Å²) in [6.07, 6.45) is 17.0. The SMILES string of the molecule is CCCCCCCCCCCCCCOn1ccc(Cl)c1C(=O)O. The van der Waals surface area contributed by atoms with Gasteiger partial charge in [-0.15, -0.1) is 0 Å². The van der Waals surface area contributed by atoms with Gasteiger partial charge in [0.15, 0.2) is 5.69 Å². The number of aromatic nitrogens is 1. The van der Waals surface area contributed by atoms with Crippen LogP contribution in [0.3, 0.4) is 0 Å². The molecule has 0 aliphatic carbocycles. The minimum Gasteiger partial charge on any atom is -0.476 e. The molecule has 5 heteroatoms. The first-order valence-electron chi connectivity index (χ1n) is 9.40. The second-order valence-electron chi connectivity index (χ2n) is 6.37. The van der Waals surface area contributed by atoms with Crippen molar-refractivity contribution in [3.63, 3.8) is 0 Å². The third kappa shape index (κ3) is 8.62. The van der Waals surface area contributed by atoms with Gasteiger partial charge in [-0.1, -0.05) is 82.7 Å². The Hall–Kier alpha value is -1.16. The van der Waals surface area contributed by atoms with E-state index in [1.54, 1.807) is 6.20 Å². The predicted molar refractivity (Wildman–Crippen MR) is 98.9 cm³/mol. The molecule has 0 aliphatic heterocycles. The van der Waals surface area contributed by atoms with Gasteiger partial charge < -0.3 is 9.94 Å². The molecule has 0 unspecified atom stereocenters. The van der Waals surface area contributed by atoms with Crippen LogP contribution in [0.2, 0.25) is 5.02 Å². The summed E-state index contributed by atoms with van der Waals surface area (Å²) in [4.78, 5) is 16.5. The van der Waals surface area contributed by atoms with Crippen molar-refractivity contribution in [3.05, 3.63) is 23.0 Å². The third-order valence-corrected chi connectivity index (χ3v) is 4.54. The second kappa shape index (κ2) is 13.2. The van der Waals surface area contributed by atoms with Crippen molar-refractivity contribution >= 4 is 17.6 Å². The maximum absolute atomic E-state index is 11.1. The zero-order valence-corrected chi connectivity index (χ0v) is 15.7. The van der Waals surface area contributed by atoms with Crippen LogP contribution in [0.1, 0.15) is 94.5 Å². The van der Waals surface area contributed by atoms with E-state index in [2.05, 4.69) is 6.92 Å².